The van der Waals surface area contributed by atoms with Crippen molar-refractivity contribution >= 4 is 21.9 Å². The molecule has 3 N–H and O–H groups in total. The predicted octanol–water partition coefficient (Wildman–Crippen LogP) is 0.896. The van der Waals surface area contributed by atoms with Gasteiger partial charge in [-0.3, -0.25) is 14.6 Å². The van der Waals surface area contributed by atoms with E-state index in [-0.39, 0.29) is 29.2 Å². The molecule has 23 heavy (non-hydrogen) atoms. The number of nitrogens with zero attached hydrogens (tertiary/aromatic N) is 1. The molecule has 0 spiro atoms. The summed E-state index contributed by atoms with van der Waals surface area (Å²) in [7, 11) is -3.86. The number of aromatic nitrogens is 2. The van der Waals surface area contributed by atoms with Gasteiger partial charge in [-0.25, -0.2) is 18.1 Å². The lowest BCUT2D eigenvalue weighted by Gasteiger charge is -2.07. The summed E-state index contributed by atoms with van der Waals surface area (Å²) in [6.07, 6.45) is 0.969. The molecule has 0 amide bonds. The largest absolute Gasteiger partial charge is 0.481 e. The van der Waals surface area contributed by atoms with Crippen LogP contribution in [0, 0.1) is 6.92 Å². The van der Waals surface area contributed by atoms with Crippen LogP contribution in [0.25, 0.3) is 0 Å². The van der Waals surface area contributed by atoms with Gasteiger partial charge in [-0.05, 0) is 25.5 Å². The fourth-order valence-corrected chi connectivity index (χ4v) is 2.77. The van der Waals surface area contributed by atoms with Crippen LogP contribution in [0.2, 0.25) is 0 Å². The number of aromatic amines is 1. The highest BCUT2D eigenvalue weighted by Crippen LogP contribution is 2.13. The normalized spacial score (nSPS) is 11.2. The number of H-pyrrole nitrogens is 1. The fraction of sp³-hybridized carbons (Fsp3) is 0.214. The minimum atomic E-state index is -3.86. The highest BCUT2D eigenvalue weighted by atomic mass is 32.2. The quantitative estimate of drug-likeness (QED) is 0.718. The molecule has 2 rings (SSSR count). The number of carboxylic acid groups (broad SMARTS) is 1. The van der Waals surface area contributed by atoms with Crippen molar-refractivity contribution in [2.75, 3.05) is 4.72 Å². The number of anilines is 1. The third-order valence-corrected chi connectivity index (χ3v) is 4.40. The molecule has 1 heterocycles. The molecule has 0 atom stereocenters. The first kappa shape index (κ1) is 16.7. The van der Waals surface area contributed by atoms with Crippen LogP contribution in [-0.2, 0) is 21.2 Å². The van der Waals surface area contributed by atoms with Gasteiger partial charge in [0.05, 0.1) is 4.90 Å². The second kappa shape index (κ2) is 6.61. The monoisotopic (exact) mass is 337 g/mol. The van der Waals surface area contributed by atoms with Crippen LogP contribution in [0.15, 0.2) is 40.2 Å². The number of sulfonamides is 1. The van der Waals surface area contributed by atoms with E-state index in [1.807, 2.05) is 6.92 Å². The van der Waals surface area contributed by atoms with Crippen molar-refractivity contribution in [3.63, 3.8) is 0 Å². The van der Waals surface area contributed by atoms with Crippen LogP contribution in [0.5, 0.6) is 0 Å². The second-order valence-corrected chi connectivity index (χ2v) is 6.58. The fourth-order valence-electron chi connectivity index (χ4n) is 1.80. The Labute approximate surface area is 132 Å². The Morgan fingerprint density at radius 1 is 1.30 bits per heavy atom. The summed E-state index contributed by atoms with van der Waals surface area (Å²) in [6, 6.07) is 6.19. The van der Waals surface area contributed by atoms with Gasteiger partial charge in [0, 0.05) is 18.2 Å². The van der Waals surface area contributed by atoms with E-state index in [9.17, 15) is 18.0 Å². The molecule has 0 bridgehead atoms. The molecule has 1 aromatic heterocycles. The number of nitrogens with one attached hydrogen (secondary N) is 2. The maximum absolute atomic E-state index is 12.2. The Hall–Kier alpha value is -2.68. The van der Waals surface area contributed by atoms with E-state index in [1.54, 1.807) is 12.1 Å². The Bertz CT molecular complexity index is 872. The number of hydrogen-bond donors (Lipinski definition) is 3. The van der Waals surface area contributed by atoms with E-state index in [4.69, 9.17) is 5.11 Å². The van der Waals surface area contributed by atoms with Crippen molar-refractivity contribution in [2.24, 2.45) is 0 Å². The van der Waals surface area contributed by atoms with E-state index in [1.165, 1.54) is 12.1 Å². The molecule has 0 fully saturated rings. The predicted molar refractivity (Wildman–Crippen MR) is 82.8 cm³/mol. The zero-order valence-electron chi connectivity index (χ0n) is 12.2. The second-order valence-electron chi connectivity index (χ2n) is 4.90. The summed E-state index contributed by atoms with van der Waals surface area (Å²) >= 11 is 0. The van der Waals surface area contributed by atoms with Gasteiger partial charge in [-0.1, -0.05) is 17.7 Å². The summed E-state index contributed by atoms with van der Waals surface area (Å²) in [5.74, 6) is -1.26. The molecule has 9 heteroatoms. The van der Waals surface area contributed by atoms with Gasteiger partial charge in [0.2, 0.25) is 5.95 Å². The van der Waals surface area contributed by atoms with Crippen molar-refractivity contribution in [3.8, 4) is 0 Å². The third kappa shape index (κ3) is 4.39. The maximum Gasteiger partial charge on any atom is 0.303 e. The average molecular weight is 337 g/mol. The van der Waals surface area contributed by atoms with E-state index in [2.05, 4.69) is 14.7 Å². The summed E-state index contributed by atoms with van der Waals surface area (Å²) < 4.78 is 26.5. The molecule has 0 saturated carbocycles. The van der Waals surface area contributed by atoms with Gasteiger partial charge >= 0.3 is 5.97 Å². The number of carbonyl (C=O) groups is 1. The zero-order chi connectivity index (χ0) is 17.0. The number of aliphatic carboxylic acids is 1. The summed E-state index contributed by atoms with van der Waals surface area (Å²) in [6.45, 7) is 1.83. The molecule has 0 radical (unpaired) electrons. The van der Waals surface area contributed by atoms with Crippen LogP contribution >= 0.6 is 0 Å². The first-order valence-electron chi connectivity index (χ1n) is 6.67. The van der Waals surface area contributed by atoms with Crippen molar-refractivity contribution in [3.05, 3.63) is 51.9 Å². The molecular weight excluding hydrogens is 322 g/mol. The molecule has 2 aromatic rings. The number of aryl methyl sites for hydroxylation is 2. The lowest BCUT2D eigenvalue weighted by Crippen LogP contribution is -2.21. The van der Waals surface area contributed by atoms with Gasteiger partial charge in [0.25, 0.3) is 15.6 Å². The molecule has 0 saturated heterocycles. The van der Waals surface area contributed by atoms with Gasteiger partial charge < -0.3 is 5.11 Å². The topological polar surface area (TPSA) is 129 Å². The lowest BCUT2D eigenvalue weighted by molar-refractivity contribution is -0.136. The van der Waals surface area contributed by atoms with Crippen molar-refractivity contribution in [2.45, 2.75) is 24.7 Å². The van der Waals surface area contributed by atoms with E-state index in [0.29, 0.717) is 0 Å². The molecule has 1 aromatic carbocycles. The van der Waals surface area contributed by atoms with Gasteiger partial charge in [0.15, 0.2) is 0 Å². The van der Waals surface area contributed by atoms with Crippen LogP contribution < -0.4 is 10.3 Å². The smallest absolute Gasteiger partial charge is 0.303 e. The zero-order valence-corrected chi connectivity index (χ0v) is 13.1. The molecule has 0 unspecified atom stereocenters. The minimum absolute atomic E-state index is 0.0165. The highest BCUT2D eigenvalue weighted by Gasteiger charge is 2.15. The molecule has 0 aliphatic heterocycles. The van der Waals surface area contributed by atoms with Crippen molar-refractivity contribution in [1.82, 2.24) is 9.97 Å². The van der Waals surface area contributed by atoms with Crippen molar-refractivity contribution in [1.29, 1.82) is 0 Å². The Balaban J connectivity index is 2.20. The lowest BCUT2D eigenvalue weighted by atomic mass is 10.2. The van der Waals surface area contributed by atoms with E-state index in [0.717, 1.165) is 11.8 Å². The van der Waals surface area contributed by atoms with Gasteiger partial charge in [-0.2, -0.15) is 0 Å². The summed E-state index contributed by atoms with van der Waals surface area (Å²) in [4.78, 5) is 28.4. The van der Waals surface area contributed by atoms with Gasteiger partial charge in [-0.15, -0.1) is 0 Å². The van der Waals surface area contributed by atoms with Crippen LogP contribution in [0.3, 0.4) is 0 Å². The first-order valence-corrected chi connectivity index (χ1v) is 8.16. The summed E-state index contributed by atoms with van der Waals surface area (Å²) in [5, 5.41) is 8.59. The Morgan fingerprint density at radius 3 is 2.52 bits per heavy atom. The molecule has 0 aliphatic rings. The Morgan fingerprint density at radius 2 is 1.96 bits per heavy atom. The first-order chi connectivity index (χ1) is 10.8. The van der Waals surface area contributed by atoms with E-state index >= 15 is 0 Å². The van der Waals surface area contributed by atoms with E-state index < -0.39 is 21.6 Å². The molecular formula is C14H15N3O5S. The molecule has 0 aliphatic carbocycles. The van der Waals surface area contributed by atoms with Crippen LogP contribution in [0.1, 0.15) is 17.5 Å². The number of hydrogen-bond acceptors (Lipinski definition) is 5. The number of benzene rings is 1. The maximum atomic E-state index is 12.2. The Kier molecular flexibility index (Phi) is 4.80. The van der Waals surface area contributed by atoms with Crippen LogP contribution in [0.4, 0.5) is 5.95 Å². The SMILES string of the molecule is Cc1ccc(S(=O)(=O)Nc2ncc(CCC(=O)O)c(=O)[nH]2)cc1. The number of carboxylic acids is 1. The third-order valence-electron chi connectivity index (χ3n) is 3.04. The molecule has 122 valence electrons. The van der Waals surface area contributed by atoms with Gasteiger partial charge in [0.1, 0.15) is 0 Å². The average Bonchev–Trinajstić information content (AvgIpc) is 2.46. The minimum Gasteiger partial charge on any atom is -0.481 e. The summed E-state index contributed by atoms with van der Waals surface area (Å²) in [5.41, 5.74) is 0.506. The standard InChI is InChI=1S/C14H15N3O5S/c1-9-2-5-11(6-3-9)23(21,22)17-14-15-8-10(13(20)16-14)4-7-12(18)19/h2-3,5-6,8H,4,7H2,1H3,(H,18,19)(H2,15,16,17,20). The number of rotatable bonds is 6. The highest BCUT2D eigenvalue weighted by molar-refractivity contribution is 7.92. The van der Waals surface area contributed by atoms with Crippen LogP contribution in [-0.4, -0.2) is 29.5 Å². The van der Waals surface area contributed by atoms with Crippen molar-refractivity contribution < 1.29 is 18.3 Å². The molecule has 8 nitrogen and oxygen atoms in total.